The highest BCUT2D eigenvalue weighted by Gasteiger charge is 2.13. The molecule has 2 aromatic heterocycles. The molecular formula is C15H21N5O. The highest BCUT2D eigenvalue weighted by molar-refractivity contribution is 5.94. The lowest BCUT2D eigenvalue weighted by Crippen LogP contribution is -2.24. The first-order chi connectivity index (χ1) is 10.1. The van der Waals surface area contributed by atoms with Gasteiger partial charge in [0, 0.05) is 17.9 Å². The summed E-state index contributed by atoms with van der Waals surface area (Å²) in [5, 5.41) is 7.10. The average molecular weight is 287 g/mol. The smallest absolute Gasteiger partial charge is 0.255 e. The Morgan fingerprint density at radius 3 is 2.90 bits per heavy atom. The number of aromatic nitrogens is 3. The van der Waals surface area contributed by atoms with Gasteiger partial charge >= 0.3 is 0 Å². The van der Waals surface area contributed by atoms with Crippen LogP contribution in [0.1, 0.15) is 33.9 Å². The first-order valence-electron chi connectivity index (χ1n) is 7.05. The lowest BCUT2D eigenvalue weighted by atomic mass is 10.2. The van der Waals surface area contributed by atoms with Crippen molar-refractivity contribution in [1.29, 1.82) is 0 Å². The third kappa shape index (κ3) is 3.88. The van der Waals surface area contributed by atoms with Crippen LogP contribution in [-0.4, -0.2) is 27.2 Å². The van der Waals surface area contributed by atoms with Crippen LogP contribution in [-0.2, 0) is 13.1 Å². The van der Waals surface area contributed by atoms with Crippen molar-refractivity contribution in [2.24, 2.45) is 5.73 Å². The predicted molar refractivity (Wildman–Crippen MR) is 80.8 cm³/mol. The van der Waals surface area contributed by atoms with Crippen molar-refractivity contribution in [3.8, 4) is 0 Å². The number of rotatable bonds is 6. The number of nitrogens with two attached hydrogens (primary N) is 1. The SMILES string of the molecule is Cc1cccc(CNC(=O)c2cnn(CCCN)c2C)n1. The fraction of sp³-hybridized carbons (Fsp3) is 0.400. The van der Waals surface area contributed by atoms with Gasteiger partial charge in [0.15, 0.2) is 0 Å². The standard InChI is InChI=1S/C15H21N5O/c1-11-5-3-6-13(19-11)9-17-15(21)14-10-18-20(12(14)2)8-4-7-16/h3,5-6,10H,4,7-9,16H2,1-2H3,(H,17,21). The quantitative estimate of drug-likeness (QED) is 0.835. The van der Waals surface area contributed by atoms with Crippen LogP contribution in [0.5, 0.6) is 0 Å². The number of nitrogens with zero attached hydrogens (tertiary/aromatic N) is 3. The minimum atomic E-state index is -0.130. The summed E-state index contributed by atoms with van der Waals surface area (Å²) in [5.74, 6) is -0.130. The second-order valence-electron chi connectivity index (χ2n) is 4.96. The maximum absolute atomic E-state index is 12.2. The van der Waals surface area contributed by atoms with Gasteiger partial charge in [-0.1, -0.05) is 6.07 Å². The van der Waals surface area contributed by atoms with Crippen molar-refractivity contribution >= 4 is 5.91 Å². The Hall–Kier alpha value is -2.21. The molecule has 0 aromatic carbocycles. The van der Waals surface area contributed by atoms with E-state index in [0.717, 1.165) is 30.0 Å². The third-order valence-corrected chi connectivity index (χ3v) is 3.30. The number of hydrogen-bond acceptors (Lipinski definition) is 4. The Kier molecular flexibility index (Phi) is 5.05. The van der Waals surface area contributed by atoms with Gasteiger partial charge in [-0.2, -0.15) is 5.10 Å². The number of carbonyl (C=O) groups is 1. The van der Waals surface area contributed by atoms with Gasteiger partial charge < -0.3 is 11.1 Å². The van der Waals surface area contributed by atoms with E-state index in [0.29, 0.717) is 18.7 Å². The van der Waals surface area contributed by atoms with Crippen LogP contribution in [0.2, 0.25) is 0 Å². The topological polar surface area (TPSA) is 85.8 Å². The zero-order valence-corrected chi connectivity index (χ0v) is 12.5. The maximum atomic E-state index is 12.2. The number of pyridine rings is 1. The molecule has 21 heavy (non-hydrogen) atoms. The second-order valence-corrected chi connectivity index (χ2v) is 4.96. The van der Waals surface area contributed by atoms with E-state index in [1.807, 2.05) is 36.7 Å². The lowest BCUT2D eigenvalue weighted by Gasteiger charge is -2.06. The monoisotopic (exact) mass is 287 g/mol. The Morgan fingerprint density at radius 2 is 2.19 bits per heavy atom. The summed E-state index contributed by atoms with van der Waals surface area (Å²) in [6, 6.07) is 5.75. The summed E-state index contributed by atoms with van der Waals surface area (Å²) in [4.78, 5) is 16.6. The molecule has 1 amide bonds. The largest absolute Gasteiger partial charge is 0.346 e. The van der Waals surface area contributed by atoms with E-state index < -0.39 is 0 Å². The molecule has 6 nitrogen and oxygen atoms in total. The Bertz CT molecular complexity index is 620. The molecule has 6 heteroatoms. The van der Waals surface area contributed by atoms with Crippen molar-refractivity contribution in [1.82, 2.24) is 20.1 Å². The fourth-order valence-corrected chi connectivity index (χ4v) is 2.10. The molecule has 0 aliphatic carbocycles. The van der Waals surface area contributed by atoms with Gasteiger partial charge in [-0.3, -0.25) is 14.5 Å². The van der Waals surface area contributed by atoms with Crippen LogP contribution in [0, 0.1) is 13.8 Å². The molecule has 0 saturated heterocycles. The maximum Gasteiger partial charge on any atom is 0.255 e. The number of carbonyl (C=O) groups excluding carboxylic acids is 1. The number of aryl methyl sites for hydroxylation is 2. The van der Waals surface area contributed by atoms with Crippen molar-refractivity contribution in [3.05, 3.63) is 47.0 Å². The first-order valence-corrected chi connectivity index (χ1v) is 7.05. The molecule has 0 bridgehead atoms. The van der Waals surface area contributed by atoms with Crippen LogP contribution < -0.4 is 11.1 Å². The highest BCUT2D eigenvalue weighted by Crippen LogP contribution is 2.08. The molecule has 0 radical (unpaired) electrons. The summed E-state index contributed by atoms with van der Waals surface area (Å²) in [5.41, 5.74) is 8.73. The molecule has 0 atom stereocenters. The Labute approximate surface area is 124 Å². The zero-order chi connectivity index (χ0) is 15.2. The van der Waals surface area contributed by atoms with Gasteiger partial charge in [0.25, 0.3) is 5.91 Å². The average Bonchev–Trinajstić information content (AvgIpc) is 2.84. The Balaban J connectivity index is 1.99. The molecule has 0 saturated carbocycles. The number of nitrogens with one attached hydrogen (secondary N) is 1. The van der Waals surface area contributed by atoms with Crippen molar-refractivity contribution in [3.63, 3.8) is 0 Å². The lowest BCUT2D eigenvalue weighted by molar-refractivity contribution is 0.0949. The molecule has 3 N–H and O–H groups in total. The van der Waals surface area contributed by atoms with E-state index in [-0.39, 0.29) is 5.91 Å². The van der Waals surface area contributed by atoms with Gasteiger partial charge in [0.05, 0.1) is 24.0 Å². The van der Waals surface area contributed by atoms with Crippen molar-refractivity contribution in [2.45, 2.75) is 33.4 Å². The number of amides is 1. The molecule has 0 spiro atoms. The molecule has 112 valence electrons. The van der Waals surface area contributed by atoms with Crippen LogP contribution >= 0.6 is 0 Å². The normalized spacial score (nSPS) is 10.6. The minimum absolute atomic E-state index is 0.130. The van der Waals surface area contributed by atoms with E-state index in [1.54, 1.807) is 6.20 Å². The van der Waals surface area contributed by atoms with E-state index in [4.69, 9.17) is 5.73 Å². The zero-order valence-electron chi connectivity index (χ0n) is 12.5. The first kappa shape index (κ1) is 15.2. The Morgan fingerprint density at radius 1 is 1.38 bits per heavy atom. The number of hydrogen-bond donors (Lipinski definition) is 2. The van der Waals surface area contributed by atoms with Crippen LogP contribution in [0.4, 0.5) is 0 Å². The molecule has 0 aliphatic rings. The minimum Gasteiger partial charge on any atom is -0.346 e. The van der Waals surface area contributed by atoms with E-state index in [9.17, 15) is 4.79 Å². The third-order valence-electron chi connectivity index (χ3n) is 3.30. The van der Waals surface area contributed by atoms with Crippen molar-refractivity contribution in [2.75, 3.05) is 6.54 Å². The summed E-state index contributed by atoms with van der Waals surface area (Å²) in [7, 11) is 0. The summed E-state index contributed by atoms with van der Waals surface area (Å²) >= 11 is 0. The summed E-state index contributed by atoms with van der Waals surface area (Å²) in [6.07, 6.45) is 2.45. The van der Waals surface area contributed by atoms with Gasteiger partial charge in [-0.25, -0.2) is 0 Å². The summed E-state index contributed by atoms with van der Waals surface area (Å²) in [6.45, 7) is 5.57. The van der Waals surface area contributed by atoms with Gasteiger partial charge in [-0.15, -0.1) is 0 Å². The van der Waals surface area contributed by atoms with Crippen LogP contribution in [0.15, 0.2) is 24.4 Å². The van der Waals surface area contributed by atoms with Gasteiger partial charge in [0.1, 0.15) is 0 Å². The van der Waals surface area contributed by atoms with Crippen molar-refractivity contribution < 1.29 is 4.79 Å². The van der Waals surface area contributed by atoms with Gasteiger partial charge in [0.2, 0.25) is 0 Å². The van der Waals surface area contributed by atoms with E-state index in [1.165, 1.54) is 0 Å². The molecule has 0 aliphatic heterocycles. The van der Waals surface area contributed by atoms with E-state index in [2.05, 4.69) is 15.4 Å². The van der Waals surface area contributed by atoms with Crippen LogP contribution in [0.25, 0.3) is 0 Å². The molecule has 2 aromatic rings. The molecule has 0 fully saturated rings. The van der Waals surface area contributed by atoms with Crippen LogP contribution in [0.3, 0.4) is 0 Å². The molecular weight excluding hydrogens is 266 g/mol. The summed E-state index contributed by atoms with van der Waals surface area (Å²) < 4.78 is 1.81. The van der Waals surface area contributed by atoms with E-state index >= 15 is 0 Å². The second kappa shape index (κ2) is 6.99. The van der Waals surface area contributed by atoms with Gasteiger partial charge in [-0.05, 0) is 38.9 Å². The molecule has 2 rings (SSSR count). The molecule has 0 unspecified atom stereocenters. The predicted octanol–water partition coefficient (Wildman–Crippen LogP) is 1.17. The molecule has 2 heterocycles. The fourth-order valence-electron chi connectivity index (χ4n) is 2.10. The highest BCUT2D eigenvalue weighted by atomic mass is 16.1.